The van der Waals surface area contributed by atoms with Gasteiger partial charge in [-0.25, -0.2) is 0 Å². The fourth-order valence-electron chi connectivity index (χ4n) is 3.36. The summed E-state index contributed by atoms with van der Waals surface area (Å²) in [6.45, 7) is 0.404. The number of benzene rings is 3. The first-order valence-corrected chi connectivity index (χ1v) is 11.3. The first kappa shape index (κ1) is 22.8. The van der Waals surface area contributed by atoms with Crippen LogP contribution in [0.4, 0.5) is 5.69 Å². The summed E-state index contributed by atoms with van der Waals surface area (Å²) in [5.41, 5.74) is 2.82. The molecule has 1 aliphatic rings. The average Bonchev–Trinajstić information content (AvgIpc) is 3.11. The van der Waals surface area contributed by atoms with Gasteiger partial charge in [0.2, 0.25) is 0 Å². The Labute approximate surface area is 205 Å². The summed E-state index contributed by atoms with van der Waals surface area (Å²) in [6.07, 6.45) is 1.73. The van der Waals surface area contributed by atoms with Gasteiger partial charge in [0.25, 0.3) is 5.91 Å². The summed E-state index contributed by atoms with van der Waals surface area (Å²) in [4.78, 5) is 14.5. The topological polar surface area (TPSA) is 60.0 Å². The SMILES string of the molecule is COc1ccc(N2C(=O)C(=Cc3cc(Br)c(OCc4ccccc4)c(OC)c3)NC2=S)cc1. The van der Waals surface area contributed by atoms with Gasteiger partial charge in [-0.15, -0.1) is 0 Å². The number of thiocarbonyl (C=S) groups is 1. The molecule has 0 bridgehead atoms. The average molecular weight is 525 g/mol. The summed E-state index contributed by atoms with van der Waals surface area (Å²) in [5.74, 6) is 1.59. The van der Waals surface area contributed by atoms with Crippen molar-refractivity contribution in [2.75, 3.05) is 19.1 Å². The minimum Gasteiger partial charge on any atom is -0.497 e. The van der Waals surface area contributed by atoms with E-state index in [2.05, 4.69) is 21.2 Å². The number of carbonyl (C=O) groups is 1. The zero-order chi connectivity index (χ0) is 23.4. The third kappa shape index (κ3) is 5.02. The summed E-state index contributed by atoms with van der Waals surface area (Å²) in [6, 6.07) is 20.7. The molecule has 0 radical (unpaired) electrons. The fourth-order valence-corrected chi connectivity index (χ4v) is 4.23. The number of hydrogen-bond donors (Lipinski definition) is 1. The number of rotatable bonds is 7. The van der Waals surface area contributed by atoms with Crippen molar-refractivity contribution >= 4 is 50.9 Å². The Kier molecular flexibility index (Phi) is 6.96. The van der Waals surface area contributed by atoms with Gasteiger partial charge < -0.3 is 19.5 Å². The maximum atomic E-state index is 13.0. The Morgan fingerprint density at radius 3 is 2.42 bits per heavy atom. The minimum atomic E-state index is -0.246. The highest BCUT2D eigenvalue weighted by atomic mass is 79.9. The molecular weight excluding hydrogens is 504 g/mol. The Hall–Kier alpha value is -3.36. The number of hydrogen-bond acceptors (Lipinski definition) is 5. The number of carbonyl (C=O) groups excluding carboxylic acids is 1. The Balaban J connectivity index is 1.57. The van der Waals surface area contributed by atoms with Gasteiger partial charge in [-0.3, -0.25) is 9.69 Å². The van der Waals surface area contributed by atoms with Gasteiger partial charge in [0.1, 0.15) is 18.1 Å². The third-order valence-corrected chi connectivity index (χ3v) is 5.87. The smallest absolute Gasteiger partial charge is 0.281 e. The Morgan fingerprint density at radius 1 is 1.03 bits per heavy atom. The van der Waals surface area contributed by atoms with Crippen LogP contribution in [-0.4, -0.2) is 25.2 Å². The molecular formula is C25H21BrN2O4S. The van der Waals surface area contributed by atoms with Crippen LogP contribution in [0.1, 0.15) is 11.1 Å². The molecule has 168 valence electrons. The van der Waals surface area contributed by atoms with Crippen molar-refractivity contribution in [1.29, 1.82) is 0 Å². The summed E-state index contributed by atoms with van der Waals surface area (Å²) in [7, 11) is 3.17. The minimum absolute atomic E-state index is 0.246. The van der Waals surface area contributed by atoms with Crippen molar-refractivity contribution in [3.63, 3.8) is 0 Å². The van der Waals surface area contributed by atoms with Crippen molar-refractivity contribution in [1.82, 2.24) is 5.32 Å². The van der Waals surface area contributed by atoms with Crippen LogP contribution in [0.15, 0.2) is 76.9 Å². The lowest BCUT2D eigenvalue weighted by Crippen LogP contribution is -2.30. The third-order valence-electron chi connectivity index (χ3n) is 5.00. The molecule has 1 saturated heterocycles. The van der Waals surface area contributed by atoms with Crippen molar-refractivity contribution in [3.8, 4) is 17.2 Å². The number of anilines is 1. The number of amides is 1. The highest BCUT2D eigenvalue weighted by Crippen LogP contribution is 2.38. The van der Waals surface area contributed by atoms with Crippen LogP contribution in [0.2, 0.25) is 0 Å². The van der Waals surface area contributed by atoms with E-state index in [1.165, 1.54) is 4.90 Å². The van der Waals surface area contributed by atoms with Crippen molar-refractivity contribution in [2.24, 2.45) is 0 Å². The second kappa shape index (κ2) is 10.1. The number of nitrogens with one attached hydrogen (secondary N) is 1. The molecule has 4 rings (SSSR count). The van der Waals surface area contributed by atoms with E-state index >= 15 is 0 Å². The van der Waals surface area contributed by atoms with Gasteiger partial charge in [0.15, 0.2) is 16.6 Å². The molecule has 1 amide bonds. The van der Waals surface area contributed by atoms with E-state index in [1.807, 2.05) is 42.5 Å². The van der Waals surface area contributed by atoms with E-state index in [-0.39, 0.29) is 5.91 Å². The van der Waals surface area contributed by atoms with Crippen molar-refractivity contribution in [2.45, 2.75) is 6.61 Å². The van der Waals surface area contributed by atoms with Crippen LogP contribution in [0.3, 0.4) is 0 Å². The van der Waals surface area contributed by atoms with Gasteiger partial charge in [-0.2, -0.15) is 0 Å². The molecule has 0 saturated carbocycles. The number of methoxy groups -OCH3 is 2. The molecule has 1 heterocycles. The molecule has 0 unspecified atom stereocenters. The maximum Gasteiger partial charge on any atom is 0.281 e. The van der Waals surface area contributed by atoms with Crippen molar-refractivity contribution < 1.29 is 19.0 Å². The molecule has 3 aromatic rings. The van der Waals surface area contributed by atoms with E-state index in [9.17, 15) is 4.79 Å². The molecule has 6 nitrogen and oxygen atoms in total. The zero-order valence-electron chi connectivity index (χ0n) is 18.0. The van der Waals surface area contributed by atoms with Crippen LogP contribution in [0, 0.1) is 0 Å². The van der Waals surface area contributed by atoms with Crippen LogP contribution in [0.5, 0.6) is 17.2 Å². The van der Waals surface area contributed by atoms with Crippen LogP contribution < -0.4 is 24.4 Å². The number of ether oxygens (including phenoxy) is 3. The maximum absolute atomic E-state index is 13.0. The molecule has 3 aromatic carbocycles. The van der Waals surface area contributed by atoms with Crippen LogP contribution >= 0.6 is 28.1 Å². The number of halogens is 1. The highest BCUT2D eigenvalue weighted by Gasteiger charge is 2.32. The molecule has 1 fully saturated rings. The molecule has 0 spiro atoms. The Bertz CT molecular complexity index is 1210. The van der Waals surface area contributed by atoms with Gasteiger partial charge in [-0.1, -0.05) is 30.3 Å². The summed E-state index contributed by atoms with van der Waals surface area (Å²) in [5, 5.41) is 3.31. The monoisotopic (exact) mass is 524 g/mol. The Morgan fingerprint density at radius 2 is 1.76 bits per heavy atom. The normalized spacial score (nSPS) is 14.4. The second-order valence-corrected chi connectivity index (χ2v) is 8.38. The van der Waals surface area contributed by atoms with E-state index < -0.39 is 0 Å². The highest BCUT2D eigenvalue weighted by molar-refractivity contribution is 9.10. The molecule has 0 aromatic heterocycles. The predicted octanol–water partition coefficient (Wildman–Crippen LogP) is 5.31. The van der Waals surface area contributed by atoms with Gasteiger partial charge in [0.05, 0.1) is 24.4 Å². The fraction of sp³-hybridized carbons (Fsp3) is 0.120. The van der Waals surface area contributed by atoms with Crippen molar-refractivity contribution in [3.05, 3.63) is 88.0 Å². The molecule has 1 N–H and O–H groups in total. The molecule has 33 heavy (non-hydrogen) atoms. The molecule has 0 atom stereocenters. The summed E-state index contributed by atoms with van der Waals surface area (Å²) >= 11 is 8.96. The first-order chi connectivity index (χ1) is 16.0. The summed E-state index contributed by atoms with van der Waals surface area (Å²) < 4.78 is 17.4. The van der Waals surface area contributed by atoms with E-state index in [4.69, 9.17) is 26.4 Å². The van der Waals surface area contributed by atoms with E-state index in [0.29, 0.717) is 44.8 Å². The largest absolute Gasteiger partial charge is 0.497 e. The molecule has 1 aliphatic heterocycles. The molecule has 0 aliphatic carbocycles. The van der Waals surface area contributed by atoms with E-state index in [1.54, 1.807) is 44.6 Å². The number of nitrogens with zero attached hydrogens (tertiary/aromatic N) is 1. The quantitative estimate of drug-likeness (QED) is 0.334. The standard InChI is InChI=1S/C25H21BrN2O4S/c1-30-19-10-8-18(9-11-19)28-24(29)21(27-25(28)33)13-17-12-20(26)23(22(14-17)31-2)32-15-16-6-4-3-5-7-16/h3-14H,15H2,1-2H3,(H,27,33). The zero-order valence-corrected chi connectivity index (χ0v) is 20.4. The second-order valence-electron chi connectivity index (χ2n) is 7.14. The van der Waals surface area contributed by atoms with Crippen LogP contribution in [-0.2, 0) is 11.4 Å². The lowest BCUT2D eigenvalue weighted by Gasteiger charge is -2.14. The van der Waals surface area contributed by atoms with Gasteiger partial charge >= 0.3 is 0 Å². The molecule has 8 heteroatoms. The van der Waals surface area contributed by atoms with E-state index in [0.717, 1.165) is 11.1 Å². The van der Waals surface area contributed by atoms with Gasteiger partial charge in [0, 0.05) is 0 Å². The lowest BCUT2D eigenvalue weighted by atomic mass is 10.1. The van der Waals surface area contributed by atoms with Gasteiger partial charge in [-0.05, 0) is 81.7 Å². The predicted molar refractivity (Wildman–Crippen MR) is 136 cm³/mol. The lowest BCUT2D eigenvalue weighted by molar-refractivity contribution is -0.113. The van der Waals surface area contributed by atoms with Crippen LogP contribution in [0.25, 0.3) is 6.08 Å². The first-order valence-electron chi connectivity index (χ1n) is 10.1.